The smallest absolute Gasteiger partial charge is 0.251 e. The van der Waals surface area contributed by atoms with Crippen molar-refractivity contribution in [2.75, 3.05) is 5.32 Å². The van der Waals surface area contributed by atoms with Gasteiger partial charge in [-0.15, -0.1) is 11.3 Å². The molecular weight excluding hydrogens is 368 g/mol. The minimum Gasteiger partial charge on any atom is -0.365 e. The van der Waals surface area contributed by atoms with Crippen molar-refractivity contribution in [3.8, 4) is 0 Å². The van der Waals surface area contributed by atoms with Crippen LogP contribution in [0.4, 0.5) is 5.82 Å². The van der Waals surface area contributed by atoms with Gasteiger partial charge in [-0.05, 0) is 55.6 Å². The molecule has 1 atom stereocenters. The molecule has 2 N–H and O–H groups in total. The lowest BCUT2D eigenvalue weighted by Gasteiger charge is -2.12. The Morgan fingerprint density at radius 3 is 2.69 bits per heavy atom. The molecule has 0 saturated carbocycles. The van der Waals surface area contributed by atoms with E-state index >= 15 is 0 Å². The van der Waals surface area contributed by atoms with E-state index in [-0.39, 0.29) is 17.2 Å². The highest BCUT2D eigenvalue weighted by molar-refractivity contribution is 7.18. The summed E-state index contributed by atoms with van der Waals surface area (Å²) in [6, 6.07) is 9.79. The maximum Gasteiger partial charge on any atom is 0.251 e. The number of carbonyl (C=O) groups is 1. The monoisotopic (exact) mass is 388 g/mol. The van der Waals surface area contributed by atoms with Crippen molar-refractivity contribution in [1.82, 2.24) is 15.3 Å². The van der Waals surface area contributed by atoms with E-state index in [1.54, 1.807) is 11.3 Å². The fraction of sp³-hybridized carbons (Fsp3) is 0.316. The lowest BCUT2D eigenvalue weighted by atomic mass is 10.1. The quantitative estimate of drug-likeness (QED) is 0.595. The van der Waals surface area contributed by atoms with Crippen molar-refractivity contribution >= 4 is 44.9 Å². The van der Waals surface area contributed by atoms with Crippen molar-refractivity contribution < 1.29 is 4.79 Å². The number of aryl methyl sites for hydroxylation is 1. The van der Waals surface area contributed by atoms with Crippen LogP contribution in [0.15, 0.2) is 30.3 Å². The Kier molecular flexibility index (Phi) is 5.74. The molecule has 0 radical (unpaired) electrons. The van der Waals surface area contributed by atoms with Crippen LogP contribution in [-0.2, 0) is 6.54 Å². The van der Waals surface area contributed by atoms with Crippen molar-refractivity contribution in [1.29, 1.82) is 0 Å². The first-order valence-electron chi connectivity index (χ1n) is 8.53. The predicted octanol–water partition coefficient (Wildman–Crippen LogP) is 4.79. The Bertz CT molecular complexity index is 923. The zero-order chi connectivity index (χ0) is 18.7. The second kappa shape index (κ2) is 8.01. The van der Waals surface area contributed by atoms with Gasteiger partial charge in [0.15, 0.2) is 0 Å². The molecule has 26 heavy (non-hydrogen) atoms. The number of amides is 1. The molecule has 2 aromatic heterocycles. The maximum absolute atomic E-state index is 12.1. The van der Waals surface area contributed by atoms with Gasteiger partial charge in [0.25, 0.3) is 5.91 Å². The average Bonchev–Trinajstić information content (AvgIpc) is 2.99. The maximum atomic E-state index is 12.1. The molecule has 3 aromatic rings. The number of anilines is 1. The molecule has 1 aromatic carbocycles. The molecule has 0 saturated heterocycles. The topological polar surface area (TPSA) is 66.9 Å². The molecule has 2 heterocycles. The van der Waals surface area contributed by atoms with Gasteiger partial charge >= 0.3 is 0 Å². The van der Waals surface area contributed by atoms with Gasteiger partial charge in [-0.1, -0.05) is 19.1 Å². The van der Waals surface area contributed by atoms with Crippen molar-refractivity contribution in [2.45, 2.75) is 39.8 Å². The Labute approximate surface area is 161 Å². The molecule has 0 spiro atoms. The van der Waals surface area contributed by atoms with E-state index in [0.717, 1.165) is 32.9 Å². The number of hydrogen-bond donors (Lipinski definition) is 2. The number of nitrogens with one attached hydrogen (secondary N) is 2. The van der Waals surface area contributed by atoms with E-state index in [2.05, 4.69) is 26.7 Å². The van der Waals surface area contributed by atoms with Crippen molar-refractivity contribution in [3.05, 3.63) is 51.6 Å². The van der Waals surface area contributed by atoms with Gasteiger partial charge in [0.1, 0.15) is 10.6 Å². The minimum atomic E-state index is -0.0445. The molecule has 1 amide bonds. The second-order valence-corrected chi connectivity index (χ2v) is 7.82. The predicted molar refractivity (Wildman–Crippen MR) is 108 cm³/mol. The summed E-state index contributed by atoms with van der Waals surface area (Å²) >= 11 is 7.62. The summed E-state index contributed by atoms with van der Waals surface area (Å²) in [5, 5.41) is 7.49. The Hall–Kier alpha value is -2.18. The normalized spacial score (nSPS) is 12.2. The van der Waals surface area contributed by atoms with Gasteiger partial charge in [-0.2, -0.15) is 0 Å². The van der Waals surface area contributed by atoms with E-state index in [1.165, 1.54) is 0 Å². The zero-order valence-electron chi connectivity index (χ0n) is 15.0. The van der Waals surface area contributed by atoms with E-state index in [9.17, 15) is 4.79 Å². The highest BCUT2D eigenvalue weighted by atomic mass is 35.5. The van der Waals surface area contributed by atoms with Gasteiger partial charge in [-0.3, -0.25) is 4.79 Å². The molecule has 0 fully saturated rings. The summed E-state index contributed by atoms with van der Waals surface area (Å²) in [4.78, 5) is 22.7. The molecule has 0 bridgehead atoms. The Morgan fingerprint density at radius 1 is 1.27 bits per heavy atom. The molecule has 3 rings (SSSR count). The summed E-state index contributed by atoms with van der Waals surface area (Å²) in [5.74, 6) is 0.680. The van der Waals surface area contributed by atoms with Gasteiger partial charge in [-0.25, -0.2) is 9.97 Å². The van der Waals surface area contributed by atoms with Crippen LogP contribution in [0, 0.1) is 6.92 Å². The Morgan fingerprint density at radius 2 is 2.00 bits per heavy atom. The molecule has 1 unspecified atom stereocenters. The lowest BCUT2D eigenvalue weighted by Crippen LogP contribution is -2.31. The first-order valence-corrected chi connectivity index (χ1v) is 9.73. The number of halogens is 1. The second-order valence-electron chi connectivity index (χ2n) is 6.25. The van der Waals surface area contributed by atoms with Crippen LogP contribution in [0.5, 0.6) is 0 Å². The third kappa shape index (κ3) is 4.31. The van der Waals surface area contributed by atoms with E-state index < -0.39 is 0 Å². The van der Waals surface area contributed by atoms with Crippen LogP contribution < -0.4 is 10.6 Å². The van der Waals surface area contributed by atoms with Crippen molar-refractivity contribution in [3.63, 3.8) is 0 Å². The third-order valence-corrected chi connectivity index (χ3v) is 5.27. The minimum absolute atomic E-state index is 0.0445. The molecule has 0 aliphatic heterocycles. The fourth-order valence-electron chi connectivity index (χ4n) is 2.52. The standard InChI is InChI=1S/C19H21ClN4OS/c1-4-11(2)22-17(25)14-7-5-13(6-8-14)10-21-16-15-9-12(3)26-18(15)24-19(20)23-16/h5-9,11H,4,10H2,1-3H3,(H,22,25)(H,21,23,24). The summed E-state index contributed by atoms with van der Waals surface area (Å²) in [6.45, 7) is 6.67. The summed E-state index contributed by atoms with van der Waals surface area (Å²) < 4.78 is 0. The third-order valence-electron chi connectivity index (χ3n) is 4.15. The summed E-state index contributed by atoms with van der Waals surface area (Å²) in [7, 11) is 0. The molecule has 0 aliphatic carbocycles. The number of fused-ring (bicyclic) bond motifs is 1. The van der Waals surface area contributed by atoms with E-state index in [0.29, 0.717) is 12.1 Å². The Balaban J connectivity index is 1.70. The summed E-state index contributed by atoms with van der Waals surface area (Å²) in [6.07, 6.45) is 0.908. The number of nitrogens with zero attached hydrogens (tertiary/aromatic N) is 2. The zero-order valence-corrected chi connectivity index (χ0v) is 16.5. The van der Waals surface area contributed by atoms with Crippen LogP contribution in [0.3, 0.4) is 0 Å². The number of hydrogen-bond acceptors (Lipinski definition) is 5. The highest BCUT2D eigenvalue weighted by Gasteiger charge is 2.11. The van der Waals surface area contributed by atoms with Crippen molar-refractivity contribution in [2.24, 2.45) is 0 Å². The van der Waals surface area contributed by atoms with Gasteiger partial charge < -0.3 is 10.6 Å². The number of aromatic nitrogens is 2. The largest absolute Gasteiger partial charge is 0.365 e. The number of benzene rings is 1. The van der Waals surface area contributed by atoms with Crippen LogP contribution >= 0.6 is 22.9 Å². The number of carbonyl (C=O) groups excluding carboxylic acids is 1. The lowest BCUT2D eigenvalue weighted by molar-refractivity contribution is 0.0939. The van der Waals surface area contributed by atoms with Crippen LogP contribution in [-0.4, -0.2) is 21.9 Å². The average molecular weight is 389 g/mol. The van der Waals surface area contributed by atoms with Gasteiger partial charge in [0.2, 0.25) is 5.28 Å². The number of thiophene rings is 1. The van der Waals surface area contributed by atoms with E-state index in [4.69, 9.17) is 11.6 Å². The molecule has 7 heteroatoms. The van der Waals surface area contributed by atoms with Crippen LogP contribution in [0.2, 0.25) is 5.28 Å². The van der Waals surface area contributed by atoms with Gasteiger partial charge in [0.05, 0.1) is 5.39 Å². The first kappa shape index (κ1) is 18.6. The number of rotatable bonds is 6. The first-order chi connectivity index (χ1) is 12.5. The summed E-state index contributed by atoms with van der Waals surface area (Å²) in [5.41, 5.74) is 1.72. The highest BCUT2D eigenvalue weighted by Crippen LogP contribution is 2.29. The molecule has 0 aliphatic rings. The van der Waals surface area contributed by atoms with E-state index in [1.807, 2.05) is 45.0 Å². The molecule has 5 nitrogen and oxygen atoms in total. The molecular formula is C19H21ClN4OS. The van der Waals surface area contributed by atoms with Gasteiger partial charge in [0, 0.05) is 23.0 Å². The molecule has 136 valence electrons. The van der Waals surface area contributed by atoms with Crippen LogP contribution in [0.1, 0.15) is 41.1 Å². The fourth-order valence-corrected chi connectivity index (χ4v) is 3.62. The SMILES string of the molecule is CCC(C)NC(=O)c1ccc(CNc2nc(Cl)nc3sc(C)cc23)cc1. The van der Waals surface area contributed by atoms with Crippen LogP contribution in [0.25, 0.3) is 10.2 Å².